The zero-order valence-corrected chi connectivity index (χ0v) is 48.6. The molecule has 3 unspecified atom stereocenters. The Hall–Kier alpha value is -1.69. The Morgan fingerprint density at radius 1 is 0.361 bits per heavy atom. The first-order valence-corrected chi connectivity index (χ1v) is 32.4. The highest BCUT2D eigenvalue weighted by molar-refractivity contribution is 5.76. The molecule has 0 aromatic rings. The molecular formula is C67H127NO4. The Morgan fingerprint density at radius 2 is 0.639 bits per heavy atom. The van der Waals surface area contributed by atoms with Crippen molar-refractivity contribution in [1.82, 2.24) is 5.32 Å². The summed E-state index contributed by atoms with van der Waals surface area (Å²) in [5.74, 6) is -0.321. The standard InChI is InChI=1S/C67H127NO4/c1-3-5-7-9-11-13-15-17-19-21-23-25-27-28-29-30-31-32-33-34-35-36-37-38-39-40-42-44-46-48-50-52-54-56-58-60-64(70)62-67(72)68-65(63-69)66(71)61-59-57-55-53-51-49-47-45-43-41-26-24-22-20-18-16-14-12-10-8-6-4-2/h29-30,32-33,51,53,59,61,64-66,69-71H,3-28,31,34-50,52,54-58,60,62-63H2,1-2H3,(H,68,72)/b30-29-,33-32-,53-51+,61-59+. The summed E-state index contributed by atoms with van der Waals surface area (Å²) in [5.41, 5.74) is 0. The van der Waals surface area contributed by atoms with Crippen molar-refractivity contribution in [1.29, 1.82) is 0 Å². The van der Waals surface area contributed by atoms with E-state index < -0.39 is 18.2 Å². The molecule has 5 nitrogen and oxygen atoms in total. The summed E-state index contributed by atoms with van der Waals surface area (Å²) in [4.78, 5) is 12.6. The number of hydrogen-bond acceptors (Lipinski definition) is 4. The van der Waals surface area contributed by atoms with Gasteiger partial charge in [-0.3, -0.25) is 4.79 Å². The second kappa shape index (κ2) is 61.9. The van der Waals surface area contributed by atoms with Gasteiger partial charge in [0.1, 0.15) is 0 Å². The molecular weight excluding hydrogens is 883 g/mol. The van der Waals surface area contributed by atoms with E-state index in [0.29, 0.717) is 6.42 Å². The highest BCUT2D eigenvalue weighted by Gasteiger charge is 2.20. The van der Waals surface area contributed by atoms with Gasteiger partial charge >= 0.3 is 0 Å². The van der Waals surface area contributed by atoms with Crippen LogP contribution in [-0.2, 0) is 4.79 Å². The number of nitrogens with one attached hydrogen (secondary N) is 1. The molecule has 0 bridgehead atoms. The molecule has 0 aliphatic rings. The summed E-state index contributed by atoms with van der Waals surface area (Å²) in [5, 5.41) is 33.5. The fraction of sp³-hybridized carbons (Fsp3) is 0.866. The molecule has 0 aromatic heterocycles. The minimum Gasteiger partial charge on any atom is -0.394 e. The van der Waals surface area contributed by atoms with Gasteiger partial charge < -0.3 is 20.6 Å². The Kier molecular flexibility index (Phi) is 60.4. The van der Waals surface area contributed by atoms with Crippen LogP contribution in [0.15, 0.2) is 48.6 Å². The maximum Gasteiger partial charge on any atom is 0.222 e. The highest BCUT2D eigenvalue weighted by Crippen LogP contribution is 2.18. The molecule has 5 heteroatoms. The summed E-state index contributed by atoms with van der Waals surface area (Å²) < 4.78 is 0. The molecule has 424 valence electrons. The number of amides is 1. The number of carbonyl (C=O) groups excluding carboxylic acids is 1. The molecule has 72 heavy (non-hydrogen) atoms. The summed E-state index contributed by atoms with van der Waals surface area (Å²) in [6.07, 6.45) is 83.4. The van der Waals surface area contributed by atoms with E-state index >= 15 is 0 Å². The van der Waals surface area contributed by atoms with Crippen LogP contribution >= 0.6 is 0 Å². The van der Waals surface area contributed by atoms with Crippen LogP contribution in [0.4, 0.5) is 0 Å². The van der Waals surface area contributed by atoms with Crippen molar-refractivity contribution < 1.29 is 20.1 Å². The van der Waals surface area contributed by atoms with Crippen molar-refractivity contribution in [3.63, 3.8) is 0 Å². The summed E-state index contributed by atoms with van der Waals surface area (Å²) in [7, 11) is 0. The summed E-state index contributed by atoms with van der Waals surface area (Å²) >= 11 is 0. The van der Waals surface area contributed by atoms with Crippen LogP contribution in [-0.4, -0.2) is 46.1 Å². The Bertz CT molecular complexity index is 1160. The second-order valence-electron chi connectivity index (χ2n) is 22.4. The van der Waals surface area contributed by atoms with Crippen molar-refractivity contribution in [3.8, 4) is 0 Å². The zero-order chi connectivity index (χ0) is 52.2. The number of hydrogen-bond donors (Lipinski definition) is 4. The molecule has 4 N–H and O–H groups in total. The van der Waals surface area contributed by atoms with Gasteiger partial charge in [-0.05, 0) is 64.2 Å². The first kappa shape index (κ1) is 70.3. The minimum atomic E-state index is -0.954. The Labute approximate surface area is 450 Å². The fourth-order valence-electron chi connectivity index (χ4n) is 10.2. The smallest absolute Gasteiger partial charge is 0.222 e. The molecule has 0 aliphatic heterocycles. The van der Waals surface area contributed by atoms with Crippen LogP contribution in [0.3, 0.4) is 0 Å². The molecule has 0 aromatic carbocycles. The van der Waals surface area contributed by atoms with E-state index in [1.54, 1.807) is 6.08 Å². The number of unbranched alkanes of at least 4 members (excludes halogenated alkanes) is 45. The lowest BCUT2D eigenvalue weighted by molar-refractivity contribution is -0.124. The molecule has 0 saturated carbocycles. The van der Waals surface area contributed by atoms with E-state index in [1.165, 1.54) is 283 Å². The van der Waals surface area contributed by atoms with Gasteiger partial charge in [0.2, 0.25) is 5.91 Å². The number of aliphatic hydroxyl groups is 3. The SMILES string of the molecule is CCCCCCCCCCCCCCC/C=C\C/C=C\CCCCCCCCCCCCCCCCCC(O)CC(=O)NC(CO)C(O)/C=C/CC/C=C/CCCCCCCCCCCCCCCCCC. The first-order valence-electron chi connectivity index (χ1n) is 32.4. The molecule has 0 radical (unpaired) electrons. The molecule has 0 fully saturated rings. The molecule has 1 amide bonds. The van der Waals surface area contributed by atoms with Gasteiger partial charge in [-0.1, -0.05) is 326 Å². The first-order chi connectivity index (χ1) is 35.5. The van der Waals surface area contributed by atoms with Crippen LogP contribution in [0.25, 0.3) is 0 Å². The van der Waals surface area contributed by atoms with E-state index in [9.17, 15) is 20.1 Å². The van der Waals surface area contributed by atoms with Gasteiger partial charge in [0, 0.05) is 0 Å². The lowest BCUT2D eigenvalue weighted by Crippen LogP contribution is -2.45. The van der Waals surface area contributed by atoms with Crippen LogP contribution in [0.1, 0.15) is 348 Å². The lowest BCUT2D eigenvalue weighted by Gasteiger charge is -2.21. The largest absolute Gasteiger partial charge is 0.394 e. The van der Waals surface area contributed by atoms with E-state index in [-0.39, 0.29) is 18.9 Å². The fourth-order valence-corrected chi connectivity index (χ4v) is 10.2. The van der Waals surface area contributed by atoms with Crippen molar-refractivity contribution in [2.45, 2.75) is 366 Å². The Balaban J connectivity index is 3.54. The van der Waals surface area contributed by atoms with Crippen molar-refractivity contribution in [2.75, 3.05) is 6.61 Å². The maximum absolute atomic E-state index is 12.6. The quantitative estimate of drug-likeness (QED) is 0.0361. The van der Waals surface area contributed by atoms with Gasteiger partial charge in [-0.15, -0.1) is 0 Å². The number of aliphatic hydroxyl groups excluding tert-OH is 3. The Morgan fingerprint density at radius 3 is 0.972 bits per heavy atom. The molecule has 0 rings (SSSR count). The second-order valence-corrected chi connectivity index (χ2v) is 22.4. The lowest BCUT2D eigenvalue weighted by atomic mass is 10.0. The average molecular weight is 1010 g/mol. The predicted molar refractivity (Wildman–Crippen MR) is 319 cm³/mol. The molecule has 0 spiro atoms. The van der Waals surface area contributed by atoms with Gasteiger partial charge in [-0.2, -0.15) is 0 Å². The van der Waals surface area contributed by atoms with Crippen LogP contribution < -0.4 is 5.32 Å². The number of carbonyl (C=O) groups is 1. The average Bonchev–Trinajstić information content (AvgIpc) is 3.38. The van der Waals surface area contributed by atoms with E-state index in [4.69, 9.17) is 0 Å². The maximum atomic E-state index is 12.6. The minimum absolute atomic E-state index is 0.00652. The van der Waals surface area contributed by atoms with Gasteiger partial charge in [-0.25, -0.2) is 0 Å². The van der Waals surface area contributed by atoms with E-state index in [0.717, 1.165) is 38.5 Å². The zero-order valence-electron chi connectivity index (χ0n) is 48.6. The van der Waals surface area contributed by atoms with Crippen molar-refractivity contribution in [2.24, 2.45) is 0 Å². The monoisotopic (exact) mass is 1010 g/mol. The van der Waals surface area contributed by atoms with Gasteiger partial charge in [0.25, 0.3) is 0 Å². The molecule has 0 aliphatic carbocycles. The van der Waals surface area contributed by atoms with Crippen LogP contribution in [0, 0.1) is 0 Å². The third-order valence-electron chi connectivity index (χ3n) is 15.1. The van der Waals surface area contributed by atoms with E-state index in [1.807, 2.05) is 6.08 Å². The number of allylic oxidation sites excluding steroid dienone is 7. The van der Waals surface area contributed by atoms with Crippen LogP contribution in [0.5, 0.6) is 0 Å². The summed E-state index contributed by atoms with van der Waals surface area (Å²) in [6, 6.07) is -0.763. The van der Waals surface area contributed by atoms with E-state index in [2.05, 4.69) is 55.6 Å². The van der Waals surface area contributed by atoms with Crippen LogP contribution in [0.2, 0.25) is 0 Å². The highest BCUT2D eigenvalue weighted by atomic mass is 16.3. The normalized spacial score (nSPS) is 13.5. The predicted octanol–water partition coefficient (Wildman–Crippen LogP) is 20.7. The van der Waals surface area contributed by atoms with Crippen molar-refractivity contribution >= 4 is 5.91 Å². The van der Waals surface area contributed by atoms with Gasteiger partial charge in [0.15, 0.2) is 0 Å². The number of rotatable bonds is 60. The van der Waals surface area contributed by atoms with Crippen molar-refractivity contribution in [3.05, 3.63) is 48.6 Å². The molecule has 0 heterocycles. The third-order valence-corrected chi connectivity index (χ3v) is 15.1. The third kappa shape index (κ3) is 57.6. The summed E-state index contributed by atoms with van der Waals surface area (Å²) in [6.45, 7) is 4.24. The molecule has 0 saturated heterocycles. The topological polar surface area (TPSA) is 89.8 Å². The molecule has 3 atom stereocenters. The van der Waals surface area contributed by atoms with Gasteiger partial charge in [0.05, 0.1) is 31.3 Å².